The molecule has 0 saturated heterocycles. The van der Waals surface area contributed by atoms with Crippen molar-refractivity contribution in [3.8, 4) is 0 Å². The zero-order valence-corrected chi connectivity index (χ0v) is 21.1. The monoisotopic (exact) mass is 548 g/mol. The first-order chi connectivity index (χ1) is 19.2. The number of nitrogens with one attached hydrogen (secondary N) is 5. The van der Waals surface area contributed by atoms with Crippen molar-refractivity contribution in [2.24, 2.45) is 0 Å². The maximum Gasteiger partial charge on any atom is 0.319 e. The van der Waals surface area contributed by atoms with Crippen molar-refractivity contribution in [3.05, 3.63) is 101 Å². The Morgan fingerprint density at radius 1 is 0.950 bits per heavy atom. The smallest absolute Gasteiger partial charge is 0.319 e. The van der Waals surface area contributed by atoms with Crippen molar-refractivity contribution in [2.75, 3.05) is 10.6 Å². The van der Waals surface area contributed by atoms with E-state index in [1.165, 1.54) is 60.8 Å². The molecule has 4 amide bonds. The van der Waals surface area contributed by atoms with Crippen LogP contribution in [0, 0.1) is 24.4 Å². The lowest BCUT2D eigenvalue weighted by Crippen LogP contribution is -2.46. The molecule has 9 nitrogen and oxygen atoms in total. The molecule has 40 heavy (non-hydrogen) atoms. The minimum Gasteiger partial charge on any atom is -0.327 e. The number of fused-ring (bicyclic) bond motifs is 1. The van der Waals surface area contributed by atoms with Crippen molar-refractivity contribution in [2.45, 2.75) is 25.8 Å². The Kier molecular flexibility index (Phi) is 7.23. The number of benzene rings is 3. The number of hydrogen-bond acceptors (Lipinski definition) is 4. The SMILES string of the molecule is Cc1ccc(F)cc1NC(=O)CCC1=C(C(=O)Nc2cc3cn[nH]c3cc2F)C(c2ccc(F)cc2)NC(=O)N1. The van der Waals surface area contributed by atoms with E-state index in [2.05, 4.69) is 31.5 Å². The number of aryl methyl sites for hydroxylation is 1. The number of anilines is 2. The zero-order chi connectivity index (χ0) is 28.4. The van der Waals surface area contributed by atoms with Gasteiger partial charge in [0.15, 0.2) is 0 Å². The van der Waals surface area contributed by atoms with E-state index in [-0.39, 0.29) is 29.8 Å². The van der Waals surface area contributed by atoms with Crippen LogP contribution in [0.25, 0.3) is 10.9 Å². The molecule has 12 heteroatoms. The van der Waals surface area contributed by atoms with Crippen molar-refractivity contribution in [3.63, 3.8) is 0 Å². The molecule has 1 atom stereocenters. The molecule has 5 rings (SSSR count). The van der Waals surface area contributed by atoms with Crippen molar-refractivity contribution in [1.82, 2.24) is 20.8 Å². The van der Waals surface area contributed by atoms with E-state index >= 15 is 0 Å². The van der Waals surface area contributed by atoms with Crippen LogP contribution in [0.3, 0.4) is 0 Å². The summed E-state index contributed by atoms with van der Waals surface area (Å²) in [5.41, 5.74) is 1.77. The van der Waals surface area contributed by atoms with Crippen molar-refractivity contribution in [1.29, 1.82) is 0 Å². The summed E-state index contributed by atoms with van der Waals surface area (Å²) in [4.78, 5) is 38.9. The van der Waals surface area contributed by atoms with Gasteiger partial charge in [-0.15, -0.1) is 0 Å². The van der Waals surface area contributed by atoms with E-state index < -0.39 is 41.3 Å². The van der Waals surface area contributed by atoms with Gasteiger partial charge in [0.2, 0.25) is 5.91 Å². The van der Waals surface area contributed by atoms with Crippen molar-refractivity contribution >= 4 is 40.1 Å². The lowest BCUT2D eigenvalue weighted by atomic mass is 9.93. The predicted molar refractivity (Wildman–Crippen MR) is 142 cm³/mol. The fraction of sp³-hybridized carbons (Fsp3) is 0.143. The van der Waals surface area contributed by atoms with Crippen LogP contribution in [0.15, 0.2) is 72.1 Å². The van der Waals surface area contributed by atoms with Gasteiger partial charge in [-0.25, -0.2) is 18.0 Å². The number of rotatable bonds is 7. The number of halogens is 3. The Morgan fingerprint density at radius 3 is 2.48 bits per heavy atom. The van der Waals surface area contributed by atoms with Gasteiger partial charge in [-0.2, -0.15) is 5.10 Å². The van der Waals surface area contributed by atoms with E-state index in [0.29, 0.717) is 27.7 Å². The number of aromatic amines is 1. The highest BCUT2D eigenvalue weighted by Gasteiger charge is 2.33. The van der Waals surface area contributed by atoms with Gasteiger partial charge in [0.25, 0.3) is 5.91 Å². The summed E-state index contributed by atoms with van der Waals surface area (Å²) in [6.07, 6.45) is 1.21. The minimum atomic E-state index is -1.03. The Hall–Kier alpha value is -5.13. The summed E-state index contributed by atoms with van der Waals surface area (Å²) in [5.74, 6) is -2.98. The topological polar surface area (TPSA) is 128 Å². The van der Waals surface area contributed by atoms with Crippen LogP contribution in [0.1, 0.15) is 30.0 Å². The summed E-state index contributed by atoms with van der Waals surface area (Å²) in [6.45, 7) is 1.71. The normalized spacial score (nSPS) is 15.0. The summed E-state index contributed by atoms with van der Waals surface area (Å²) < 4.78 is 42.1. The van der Waals surface area contributed by atoms with E-state index in [4.69, 9.17) is 0 Å². The number of urea groups is 1. The lowest BCUT2D eigenvalue weighted by Gasteiger charge is -2.30. The quantitative estimate of drug-likeness (QED) is 0.224. The maximum absolute atomic E-state index is 14.8. The summed E-state index contributed by atoms with van der Waals surface area (Å²) in [6, 6.07) is 10.1. The Balaban J connectivity index is 1.46. The molecular formula is C28H23F3N6O3. The fourth-order valence-electron chi connectivity index (χ4n) is 4.42. The first kappa shape index (κ1) is 26.5. The van der Waals surface area contributed by atoms with Gasteiger partial charge in [-0.3, -0.25) is 14.7 Å². The second kappa shape index (κ2) is 10.9. The van der Waals surface area contributed by atoms with E-state index in [1.54, 1.807) is 6.92 Å². The highest BCUT2D eigenvalue weighted by molar-refractivity contribution is 6.07. The largest absolute Gasteiger partial charge is 0.327 e. The van der Waals surface area contributed by atoms with Crippen LogP contribution in [-0.2, 0) is 9.59 Å². The van der Waals surface area contributed by atoms with Gasteiger partial charge >= 0.3 is 6.03 Å². The molecule has 1 aromatic heterocycles. The van der Waals surface area contributed by atoms with Gasteiger partial charge in [0.1, 0.15) is 17.5 Å². The van der Waals surface area contributed by atoms with Gasteiger partial charge in [-0.05, 0) is 54.8 Å². The van der Waals surface area contributed by atoms with E-state index in [0.717, 1.165) is 0 Å². The average Bonchev–Trinajstić information content (AvgIpc) is 3.36. The predicted octanol–water partition coefficient (Wildman–Crippen LogP) is 4.95. The van der Waals surface area contributed by atoms with Crippen LogP contribution >= 0.6 is 0 Å². The molecule has 0 saturated carbocycles. The molecule has 204 valence electrons. The first-order valence-corrected chi connectivity index (χ1v) is 12.2. The number of nitrogens with zero attached hydrogens (tertiary/aromatic N) is 1. The van der Waals surface area contributed by atoms with Gasteiger partial charge < -0.3 is 21.3 Å². The summed E-state index contributed by atoms with van der Waals surface area (Å²) in [7, 11) is 0. The van der Waals surface area contributed by atoms with Crippen LogP contribution in [-0.4, -0.2) is 28.0 Å². The zero-order valence-electron chi connectivity index (χ0n) is 21.1. The van der Waals surface area contributed by atoms with Gasteiger partial charge in [-0.1, -0.05) is 18.2 Å². The molecule has 1 aliphatic rings. The number of aromatic nitrogens is 2. The molecule has 3 aromatic carbocycles. The standard InChI is InChI=1S/C28H23F3N6O3/c1-14-2-5-18(30)11-21(14)33-24(38)9-8-20-25(26(36-28(40)35-20)15-3-6-17(29)7-4-15)27(39)34-23-10-16-13-32-37-22(16)12-19(23)31/h2-7,10-13,26H,8-9H2,1H3,(H,32,37)(H,33,38)(H,34,39)(H2,35,36,40). The van der Waals surface area contributed by atoms with Crippen LogP contribution in [0.5, 0.6) is 0 Å². The van der Waals surface area contributed by atoms with Crippen LogP contribution < -0.4 is 21.3 Å². The number of hydrogen-bond donors (Lipinski definition) is 5. The fourth-order valence-corrected chi connectivity index (χ4v) is 4.42. The molecule has 2 heterocycles. The third-order valence-electron chi connectivity index (χ3n) is 6.45. The van der Waals surface area contributed by atoms with E-state index in [9.17, 15) is 27.6 Å². The summed E-state index contributed by atoms with van der Waals surface area (Å²) in [5, 5.41) is 17.4. The highest BCUT2D eigenvalue weighted by atomic mass is 19.1. The lowest BCUT2D eigenvalue weighted by molar-refractivity contribution is -0.116. The summed E-state index contributed by atoms with van der Waals surface area (Å²) >= 11 is 0. The molecule has 4 aromatic rings. The Morgan fingerprint density at radius 2 is 1.70 bits per heavy atom. The number of carbonyl (C=O) groups is 3. The molecule has 0 spiro atoms. The molecule has 0 fully saturated rings. The third-order valence-corrected chi connectivity index (χ3v) is 6.45. The maximum atomic E-state index is 14.8. The Bertz CT molecular complexity index is 1670. The number of carbonyl (C=O) groups excluding carboxylic acids is 3. The molecule has 1 unspecified atom stereocenters. The second-order valence-corrected chi connectivity index (χ2v) is 9.23. The number of amides is 4. The Labute approximate surface area is 225 Å². The highest BCUT2D eigenvalue weighted by Crippen LogP contribution is 2.31. The second-order valence-electron chi connectivity index (χ2n) is 9.23. The average molecular weight is 549 g/mol. The molecule has 0 radical (unpaired) electrons. The third kappa shape index (κ3) is 5.65. The van der Waals surface area contributed by atoms with E-state index in [1.807, 2.05) is 0 Å². The van der Waals surface area contributed by atoms with Gasteiger partial charge in [0.05, 0.1) is 29.0 Å². The first-order valence-electron chi connectivity index (χ1n) is 12.2. The molecule has 0 aliphatic carbocycles. The van der Waals surface area contributed by atoms with Gasteiger partial charge in [0, 0.05) is 29.3 Å². The van der Waals surface area contributed by atoms with Crippen LogP contribution in [0.2, 0.25) is 0 Å². The molecule has 0 bridgehead atoms. The van der Waals surface area contributed by atoms with Crippen molar-refractivity contribution < 1.29 is 27.6 Å². The molecule has 1 aliphatic heterocycles. The molecular weight excluding hydrogens is 525 g/mol. The molecule has 5 N–H and O–H groups in total. The number of H-pyrrole nitrogens is 1. The minimum absolute atomic E-state index is 0.00707. The van der Waals surface area contributed by atoms with Crippen LogP contribution in [0.4, 0.5) is 29.3 Å². The number of allylic oxidation sites excluding steroid dienone is 1.